The van der Waals surface area contributed by atoms with Crippen LogP contribution in [0.4, 0.5) is 0 Å². The Bertz CT molecular complexity index is 440. The zero-order valence-electron chi connectivity index (χ0n) is 12.7. The van der Waals surface area contributed by atoms with Gasteiger partial charge < -0.3 is 0 Å². The Kier molecular flexibility index (Phi) is 7.34. The third-order valence-corrected chi connectivity index (χ3v) is 4.46. The molecule has 20 heavy (non-hydrogen) atoms. The van der Waals surface area contributed by atoms with Crippen LogP contribution < -0.4 is 4.46 Å². The Balaban J connectivity index is 2.59. The zero-order chi connectivity index (χ0) is 15.0. The van der Waals surface area contributed by atoms with Crippen molar-refractivity contribution in [3.8, 4) is 10.7 Å². The van der Waals surface area contributed by atoms with Gasteiger partial charge in [0, 0.05) is 0 Å². The molecule has 0 aliphatic rings. The zero-order valence-corrected chi connectivity index (χ0v) is 14.4. The summed E-state index contributed by atoms with van der Waals surface area (Å²) in [5, 5.41) is 10.2. The summed E-state index contributed by atoms with van der Waals surface area (Å²) in [5.74, 6) is 3.17. The average Bonchev–Trinajstić information content (AvgIpc) is 2.39. The summed E-state index contributed by atoms with van der Waals surface area (Å²) >= 11 is 0.142. The van der Waals surface area contributed by atoms with Crippen molar-refractivity contribution >= 4 is 19.4 Å². The van der Waals surface area contributed by atoms with Crippen LogP contribution in [-0.4, -0.2) is 38.9 Å². The summed E-state index contributed by atoms with van der Waals surface area (Å²) < 4.78 is 6.89. The van der Waals surface area contributed by atoms with Crippen LogP contribution >= 0.6 is 0 Å². The number of hydrogen-bond acceptors (Lipinski definition) is 2. The Morgan fingerprint density at radius 2 is 1.90 bits per heavy atom. The number of aliphatic hydroxyl groups is 1. The molecule has 110 valence electrons. The maximum atomic E-state index is 10.2. The number of aliphatic hydroxyl groups excluding tert-OH is 1. The summed E-state index contributed by atoms with van der Waals surface area (Å²) in [5.41, 5.74) is -0.137. The molecule has 2 nitrogen and oxygen atoms in total. The van der Waals surface area contributed by atoms with Crippen molar-refractivity contribution in [1.82, 2.24) is 0 Å². The quantitative estimate of drug-likeness (QED) is 0.658. The van der Waals surface area contributed by atoms with E-state index in [2.05, 4.69) is 22.9 Å². The van der Waals surface area contributed by atoms with Gasteiger partial charge in [-0.15, -0.1) is 0 Å². The number of rotatable bonds is 5. The SMILES string of the molecule is CCO[C@@H](C#C[Se]c1ccccc1)C[C@@H](O)C(C)(C)C. The molecular formula is C17H24O2Se. The summed E-state index contributed by atoms with van der Waals surface area (Å²) in [6.07, 6.45) is -0.0211. The van der Waals surface area contributed by atoms with E-state index < -0.39 is 6.10 Å². The maximum absolute atomic E-state index is 10.2. The van der Waals surface area contributed by atoms with E-state index in [1.807, 2.05) is 45.9 Å². The molecule has 1 aromatic rings. The van der Waals surface area contributed by atoms with Crippen molar-refractivity contribution in [3.63, 3.8) is 0 Å². The fourth-order valence-electron chi connectivity index (χ4n) is 1.57. The first-order valence-corrected chi connectivity index (χ1v) is 8.67. The summed E-state index contributed by atoms with van der Waals surface area (Å²) in [7, 11) is 0. The Labute approximate surface area is 129 Å². The molecule has 2 atom stereocenters. The average molecular weight is 339 g/mol. The van der Waals surface area contributed by atoms with Gasteiger partial charge in [-0.25, -0.2) is 0 Å². The molecule has 0 saturated carbocycles. The molecule has 0 bridgehead atoms. The van der Waals surface area contributed by atoms with Crippen LogP contribution in [0.1, 0.15) is 34.1 Å². The van der Waals surface area contributed by atoms with Crippen LogP contribution in [0.5, 0.6) is 0 Å². The summed E-state index contributed by atoms with van der Waals surface area (Å²) in [6.45, 7) is 8.67. The Morgan fingerprint density at radius 1 is 1.25 bits per heavy atom. The van der Waals surface area contributed by atoms with Gasteiger partial charge in [-0.3, -0.25) is 0 Å². The molecule has 0 aliphatic heterocycles. The molecule has 0 aromatic heterocycles. The van der Waals surface area contributed by atoms with E-state index >= 15 is 0 Å². The molecule has 0 fully saturated rings. The van der Waals surface area contributed by atoms with Gasteiger partial charge in [-0.2, -0.15) is 0 Å². The first-order valence-electron chi connectivity index (χ1n) is 6.95. The Morgan fingerprint density at radius 3 is 2.45 bits per heavy atom. The standard InChI is InChI=1S/C17H24O2Se/c1-5-19-14(13-16(18)17(2,3)4)11-12-20-15-9-7-6-8-10-15/h6-10,14,16,18H,5,13H2,1-4H3/t14-,16+/m0/s1. The minimum atomic E-state index is -0.405. The minimum absolute atomic E-state index is 0.137. The van der Waals surface area contributed by atoms with Crippen molar-refractivity contribution in [1.29, 1.82) is 0 Å². The van der Waals surface area contributed by atoms with Crippen LogP contribution in [0.3, 0.4) is 0 Å². The van der Waals surface area contributed by atoms with Crippen molar-refractivity contribution in [2.24, 2.45) is 5.41 Å². The van der Waals surface area contributed by atoms with Crippen LogP contribution in [0.15, 0.2) is 30.3 Å². The number of ether oxygens (including phenoxy) is 1. The van der Waals surface area contributed by atoms with E-state index in [-0.39, 0.29) is 26.5 Å². The molecular weight excluding hydrogens is 315 g/mol. The second-order valence-corrected chi connectivity index (χ2v) is 7.57. The van der Waals surface area contributed by atoms with Gasteiger partial charge in [-0.1, -0.05) is 0 Å². The van der Waals surface area contributed by atoms with Crippen molar-refractivity contribution in [3.05, 3.63) is 30.3 Å². The molecule has 0 unspecified atom stereocenters. The van der Waals surface area contributed by atoms with E-state index in [1.54, 1.807) is 0 Å². The summed E-state index contributed by atoms with van der Waals surface area (Å²) in [6, 6.07) is 10.3. The predicted molar refractivity (Wildman–Crippen MR) is 85.1 cm³/mol. The first kappa shape index (κ1) is 17.3. The topological polar surface area (TPSA) is 29.5 Å². The van der Waals surface area contributed by atoms with Crippen molar-refractivity contribution in [2.45, 2.75) is 46.3 Å². The van der Waals surface area contributed by atoms with Gasteiger partial charge in [0.05, 0.1) is 0 Å². The molecule has 0 amide bonds. The molecule has 0 aliphatic carbocycles. The van der Waals surface area contributed by atoms with Crippen LogP contribution in [-0.2, 0) is 4.74 Å². The molecule has 0 heterocycles. The van der Waals surface area contributed by atoms with Crippen molar-refractivity contribution < 1.29 is 9.84 Å². The summed E-state index contributed by atoms with van der Waals surface area (Å²) in [4.78, 5) is 3.22. The van der Waals surface area contributed by atoms with E-state index in [0.717, 1.165) is 0 Å². The van der Waals surface area contributed by atoms with Crippen LogP contribution in [0.25, 0.3) is 0 Å². The molecule has 0 radical (unpaired) electrons. The van der Waals surface area contributed by atoms with Gasteiger partial charge in [0.15, 0.2) is 0 Å². The van der Waals surface area contributed by atoms with Gasteiger partial charge in [-0.05, 0) is 0 Å². The molecule has 0 saturated heterocycles. The van der Waals surface area contributed by atoms with Crippen molar-refractivity contribution in [2.75, 3.05) is 6.61 Å². The van der Waals surface area contributed by atoms with Gasteiger partial charge in [0.2, 0.25) is 0 Å². The van der Waals surface area contributed by atoms with E-state index in [0.29, 0.717) is 13.0 Å². The van der Waals surface area contributed by atoms with E-state index in [4.69, 9.17) is 4.74 Å². The van der Waals surface area contributed by atoms with Gasteiger partial charge >= 0.3 is 129 Å². The normalized spacial score (nSPS) is 14.2. The molecule has 1 rings (SSSR count). The third kappa shape index (κ3) is 6.59. The second-order valence-electron chi connectivity index (χ2n) is 5.72. The van der Waals surface area contributed by atoms with Gasteiger partial charge in [0.25, 0.3) is 0 Å². The van der Waals surface area contributed by atoms with E-state index in [9.17, 15) is 5.11 Å². The van der Waals surface area contributed by atoms with Gasteiger partial charge in [0.1, 0.15) is 0 Å². The molecule has 3 heteroatoms. The fraction of sp³-hybridized carbons (Fsp3) is 0.529. The number of hydrogen-bond donors (Lipinski definition) is 1. The molecule has 1 aromatic carbocycles. The monoisotopic (exact) mass is 340 g/mol. The predicted octanol–water partition coefficient (Wildman–Crippen LogP) is 2.18. The van der Waals surface area contributed by atoms with Crippen LogP contribution in [0, 0.1) is 16.2 Å². The Hall–Kier alpha value is -0.781. The molecule has 0 spiro atoms. The fourth-order valence-corrected chi connectivity index (χ4v) is 2.83. The van der Waals surface area contributed by atoms with E-state index in [1.165, 1.54) is 4.46 Å². The first-order chi connectivity index (χ1) is 9.43. The number of benzene rings is 1. The molecule has 1 N–H and O–H groups in total. The van der Waals surface area contributed by atoms with Crippen LogP contribution in [0.2, 0.25) is 0 Å². The second kappa shape index (κ2) is 8.49. The third-order valence-electron chi connectivity index (χ3n) is 2.94.